The quantitative estimate of drug-likeness (QED) is 0.840. The van der Waals surface area contributed by atoms with E-state index in [-0.39, 0.29) is 6.10 Å². The standard InChI is InChI=1S/C12H17ClO2/c1-3-10-8-11(4-5-12(10)13)15-7-6-9(2)14/h4-5,8-9,14H,3,6-7H2,1-2H3. The third-order valence-corrected chi connectivity index (χ3v) is 2.57. The topological polar surface area (TPSA) is 29.5 Å². The summed E-state index contributed by atoms with van der Waals surface area (Å²) < 4.78 is 5.50. The summed E-state index contributed by atoms with van der Waals surface area (Å²) in [5.41, 5.74) is 1.09. The fourth-order valence-corrected chi connectivity index (χ4v) is 1.51. The van der Waals surface area contributed by atoms with E-state index in [0.717, 1.165) is 22.8 Å². The van der Waals surface area contributed by atoms with E-state index in [4.69, 9.17) is 21.4 Å². The summed E-state index contributed by atoms with van der Waals surface area (Å²) in [4.78, 5) is 0. The predicted molar refractivity (Wildman–Crippen MR) is 62.6 cm³/mol. The molecule has 0 aliphatic rings. The molecule has 0 bridgehead atoms. The molecule has 84 valence electrons. The van der Waals surface area contributed by atoms with Crippen molar-refractivity contribution in [1.29, 1.82) is 0 Å². The van der Waals surface area contributed by atoms with Gasteiger partial charge in [0.05, 0.1) is 12.7 Å². The largest absolute Gasteiger partial charge is 0.493 e. The Morgan fingerprint density at radius 2 is 2.20 bits per heavy atom. The summed E-state index contributed by atoms with van der Waals surface area (Å²) in [7, 11) is 0. The van der Waals surface area contributed by atoms with E-state index in [0.29, 0.717) is 13.0 Å². The summed E-state index contributed by atoms with van der Waals surface area (Å²) >= 11 is 5.99. The second-order valence-electron chi connectivity index (χ2n) is 3.59. The SMILES string of the molecule is CCc1cc(OCCC(C)O)ccc1Cl. The highest BCUT2D eigenvalue weighted by atomic mass is 35.5. The fourth-order valence-electron chi connectivity index (χ4n) is 1.26. The lowest BCUT2D eigenvalue weighted by Crippen LogP contribution is -2.07. The van der Waals surface area contributed by atoms with Crippen LogP contribution in [0.3, 0.4) is 0 Å². The van der Waals surface area contributed by atoms with E-state index in [2.05, 4.69) is 6.92 Å². The highest BCUT2D eigenvalue weighted by Gasteiger charge is 2.01. The van der Waals surface area contributed by atoms with E-state index >= 15 is 0 Å². The Bertz CT molecular complexity index is 310. The van der Waals surface area contributed by atoms with Crippen LogP contribution in [0.2, 0.25) is 5.02 Å². The van der Waals surface area contributed by atoms with Gasteiger partial charge in [-0.2, -0.15) is 0 Å². The Morgan fingerprint density at radius 1 is 1.47 bits per heavy atom. The highest BCUT2D eigenvalue weighted by molar-refractivity contribution is 6.31. The molecule has 1 atom stereocenters. The molecule has 1 unspecified atom stereocenters. The van der Waals surface area contributed by atoms with Crippen molar-refractivity contribution >= 4 is 11.6 Å². The van der Waals surface area contributed by atoms with E-state index in [1.807, 2.05) is 18.2 Å². The van der Waals surface area contributed by atoms with Crippen LogP contribution in [0.5, 0.6) is 5.75 Å². The van der Waals surface area contributed by atoms with Crippen molar-refractivity contribution in [3.63, 3.8) is 0 Å². The summed E-state index contributed by atoms with van der Waals surface area (Å²) in [6, 6.07) is 5.64. The van der Waals surface area contributed by atoms with Crippen LogP contribution in [0.4, 0.5) is 0 Å². The van der Waals surface area contributed by atoms with E-state index in [9.17, 15) is 0 Å². The van der Waals surface area contributed by atoms with Gasteiger partial charge in [0.15, 0.2) is 0 Å². The van der Waals surface area contributed by atoms with Gasteiger partial charge in [0.1, 0.15) is 5.75 Å². The van der Waals surface area contributed by atoms with E-state index in [1.165, 1.54) is 0 Å². The zero-order chi connectivity index (χ0) is 11.3. The van der Waals surface area contributed by atoms with Crippen LogP contribution in [0.15, 0.2) is 18.2 Å². The predicted octanol–water partition coefficient (Wildman–Crippen LogP) is 3.05. The Balaban J connectivity index is 2.54. The molecule has 0 radical (unpaired) electrons. The lowest BCUT2D eigenvalue weighted by Gasteiger charge is -2.09. The van der Waals surface area contributed by atoms with Gasteiger partial charge in [-0.3, -0.25) is 0 Å². The smallest absolute Gasteiger partial charge is 0.119 e. The van der Waals surface area contributed by atoms with Gasteiger partial charge in [-0.05, 0) is 37.1 Å². The molecule has 1 aromatic rings. The molecule has 1 rings (SSSR count). The first kappa shape index (κ1) is 12.3. The van der Waals surface area contributed by atoms with Crippen LogP contribution in [0, 0.1) is 0 Å². The van der Waals surface area contributed by atoms with Crippen LogP contribution in [0.1, 0.15) is 25.8 Å². The number of aliphatic hydroxyl groups excluding tert-OH is 1. The Kier molecular flexibility index (Phi) is 4.92. The molecule has 1 N–H and O–H groups in total. The number of benzene rings is 1. The number of aliphatic hydroxyl groups is 1. The molecule has 0 aliphatic carbocycles. The number of halogens is 1. The maximum absolute atomic E-state index is 9.07. The first-order valence-corrected chi connectivity index (χ1v) is 5.60. The number of ether oxygens (including phenoxy) is 1. The van der Waals surface area contributed by atoms with Crippen molar-refractivity contribution in [3.05, 3.63) is 28.8 Å². The zero-order valence-electron chi connectivity index (χ0n) is 9.16. The Morgan fingerprint density at radius 3 is 2.80 bits per heavy atom. The van der Waals surface area contributed by atoms with Gasteiger partial charge in [-0.1, -0.05) is 18.5 Å². The zero-order valence-corrected chi connectivity index (χ0v) is 9.92. The Hall–Kier alpha value is -0.730. The van der Waals surface area contributed by atoms with Gasteiger partial charge in [0.25, 0.3) is 0 Å². The van der Waals surface area contributed by atoms with Gasteiger partial charge in [-0.25, -0.2) is 0 Å². The minimum atomic E-state index is -0.317. The van der Waals surface area contributed by atoms with Gasteiger partial charge >= 0.3 is 0 Å². The van der Waals surface area contributed by atoms with Gasteiger partial charge in [0, 0.05) is 11.4 Å². The second kappa shape index (κ2) is 5.99. The molecule has 2 nitrogen and oxygen atoms in total. The third-order valence-electron chi connectivity index (χ3n) is 2.20. The molecular formula is C12H17ClO2. The summed E-state index contributed by atoms with van der Waals surface area (Å²) in [6.45, 7) is 4.34. The molecule has 0 fully saturated rings. The second-order valence-corrected chi connectivity index (χ2v) is 4.00. The average molecular weight is 229 g/mol. The number of rotatable bonds is 5. The van der Waals surface area contributed by atoms with Crippen molar-refractivity contribution < 1.29 is 9.84 Å². The number of hydrogen-bond donors (Lipinski definition) is 1. The molecule has 15 heavy (non-hydrogen) atoms. The minimum Gasteiger partial charge on any atom is -0.493 e. The van der Waals surface area contributed by atoms with Crippen molar-refractivity contribution in [2.24, 2.45) is 0 Å². The van der Waals surface area contributed by atoms with Gasteiger partial charge < -0.3 is 9.84 Å². The molecular weight excluding hydrogens is 212 g/mol. The van der Waals surface area contributed by atoms with Crippen LogP contribution in [-0.2, 0) is 6.42 Å². The van der Waals surface area contributed by atoms with Crippen LogP contribution in [0.25, 0.3) is 0 Å². The summed E-state index contributed by atoms with van der Waals surface area (Å²) in [6.07, 6.45) is 1.22. The van der Waals surface area contributed by atoms with Crippen LogP contribution >= 0.6 is 11.6 Å². The van der Waals surface area contributed by atoms with Gasteiger partial charge in [0.2, 0.25) is 0 Å². The lowest BCUT2D eigenvalue weighted by molar-refractivity contribution is 0.155. The minimum absolute atomic E-state index is 0.317. The van der Waals surface area contributed by atoms with Crippen molar-refractivity contribution in [2.45, 2.75) is 32.8 Å². The molecule has 3 heteroatoms. The van der Waals surface area contributed by atoms with Crippen LogP contribution in [-0.4, -0.2) is 17.8 Å². The molecule has 0 heterocycles. The van der Waals surface area contributed by atoms with E-state index in [1.54, 1.807) is 6.92 Å². The van der Waals surface area contributed by atoms with Crippen molar-refractivity contribution in [3.8, 4) is 5.75 Å². The molecule has 0 saturated carbocycles. The van der Waals surface area contributed by atoms with Crippen molar-refractivity contribution in [1.82, 2.24) is 0 Å². The van der Waals surface area contributed by atoms with Crippen LogP contribution < -0.4 is 4.74 Å². The first-order valence-electron chi connectivity index (χ1n) is 5.22. The molecule has 0 aromatic heterocycles. The number of hydrogen-bond acceptors (Lipinski definition) is 2. The molecule has 1 aromatic carbocycles. The maximum Gasteiger partial charge on any atom is 0.119 e. The van der Waals surface area contributed by atoms with E-state index < -0.39 is 0 Å². The fraction of sp³-hybridized carbons (Fsp3) is 0.500. The van der Waals surface area contributed by atoms with Crippen molar-refractivity contribution in [2.75, 3.05) is 6.61 Å². The average Bonchev–Trinajstić information content (AvgIpc) is 2.20. The molecule has 0 aliphatic heterocycles. The first-order chi connectivity index (χ1) is 7.13. The summed E-state index contributed by atoms with van der Waals surface area (Å²) in [5.74, 6) is 0.817. The van der Waals surface area contributed by atoms with Gasteiger partial charge in [-0.15, -0.1) is 0 Å². The molecule has 0 saturated heterocycles. The maximum atomic E-state index is 9.07. The monoisotopic (exact) mass is 228 g/mol. The highest BCUT2D eigenvalue weighted by Crippen LogP contribution is 2.22. The molecule has 0 amide bonds. The lowest BCUT2D eigenvalue weighted by atomic mass is 10.1. The number of aryl methyl sites for hydroxylation is 1. The normalized spacial score (nSPS) is 12.5. The third kappa shape index (κ3) is 4.10. The Labute approximate surface area is 95.8 Å². The molecule has 0 spiro atoms. The summed E-state index contributed by atoms with van der Waals surface area (Å²) in [5, 5.41) is 9.85.